The average Bonchev–Trinajstić information content (AvgIpc) is 2.54. The first-order valence-electron chi connectivity index (χ1n) is 7.76. The minimum absolute atomic E-state index is 0.472. The van der Waals surface area contributed by atoms with Gasteiger partial charge in [-0.2, -0.15) is 12.7 Å². The molecule has 0 saturated carbocycles. The molecule has 0 amide bonds. The molecule has 0 radical (unpaired) electrons. The Morgan fingerprint density at radius 3 is 2.29 bits per heavy atom. The molecule has 1 aliphatic heterocycles. The van der Waals surface area contributed by atoms with Gasteiger partial charge >= 0.3 is 0 Å². The largest absolute Gasteiger partial charge is 0.279 e. The summed E-state index contributed by atoms with van der Waals surface area (Å²) in [5.74, 6) is 1.07. The lowest BCUT2D eigenvalue weighted by Crippen LogP contribution is -2.43. The molecule has 1 unspecified atom stereocenters. The Morgan fingerprint density at radius 1 is 1.24 bits per heavy atom. The molecule has 1 fully saturated rings. The summed E-state index contributed by atoms with van der Waals surface area (Å²) in [7, 11) is -1.80. The smallest absolute Gasteiger partial charge is 0.205 e. The van der Waals surface area contributed by atoms with Crippen molar-refractivity contribution in [1.82, 2.24) is 9.03 Å². The lowest BCUT2D eigenvalue weighted by Gasteiger charge is -2.31. The van der Waals surface area contributed by atoms with E-state index in [1.165, 1.54) is 22.5 Å². The molecule has 0 aromatic heterocycles. The Labute approximate surface area is 128 Å². The molecule has 1 saturated heterocycles. The van der Waals surface area contributed by atoms with Gasteiger partial charge < -0.3 is 0 Å². The fourth-order valence-electron chi connectivity index (χ4n) is 2.89. The van der Waals surface area contributed by atoms with Gasteiger partial charge in [0.05, 0.1) is 0 Å². The maximum Gasteiger partial charge on any atom is 0.279 e. The maximum atomic E-state index is 11.8. The van der Waals surface area contributed by atoms with E-state index in [0.717, 1.165) is 19.3 Å². The van der Waals surface area contributed by atoms with Crippen LogP contribution in [-0.2, 0) is 10.2 Å². The van der Waals surface area contributed by atoms with Crippen LogP contribution in [0.15, 0.2) is 24.3 Å². The van der Waals surface area contributed by atoms with Gasteiger partial charge in [0.15, 0.2) is 0 Å². The minimum atomic E-state index is -3.26. The predicted molar refractivity (Wildman–Crippen MR) is 86.7 cm³/mol. The number of nitrogens with one attached hydrogen (secondary N) is 1. The monoisotopic (exact) mass is 310 g/mol. The molecule has 2 rings (SSSR count). The molecule has 4 nitrogen and oxygen atoms in total. The van der Waals surface area contributed by atoms with Crippen molar-refractivity contribution < 1.29 is 8.42 Å². The summed E-state index contributed by atoms with van der Waals surface area (Å²) in [4.78, 5) is 0. The van der Waals surface area contributed by atoms with Crippen molar-refractivity contribution in [2.45, 2.75) is 44.9 Å². The Hall–Kier alpha value is -0.910. The molecule has 1 heterocycles. The zero-order valence-corrected chi connectivity index (χ0v) is 14.0. The summed E-state index contributed by atoms with van der Waals surface area (Å²) in [5.41, 5.74) is 2.72. The van der Waals surface area contributed by atoms with Crippen molar-refractivity contribution in [2.75, 3.05) is 20.1 Å². The zero-order valence-electron chi connectivity index (χ0n) is 13.2. The van der Waals surface area contributed by atoms with Crippen LogP contribution in [0.25, 0.3) is 0 Å². The van der Waals surface area contributed by atoms with E-state index in [0.29, 0.717) is 24.9 Å². The molecule has 1 atom stereocenters. The molecule has 0 spiro atoms. The van der Waals surface area contributed by atoms with E-state index in [4.69, 9.17) is 0 Å². The van der Waals surface area contributed by atoms with Crippen molar-refractivity contribution in [2.24, 2.45) is 0 Å². The summed E-state index contributed by atoms with van der Waals surface area (Å²) in [5, 5.41) is 0. The number of piperidine rings is 1. The molecular weight excluding hydrogens is 284 g/mol. The third-order valence-corrected chi connectivity index (χ3v) is 6.20. The Bertz CT molecular complexity index is 546. The molecular formula is C16H26N2O2S. The van der Waals surface area contributed by atoms with E-state index in [1.54, 1.807) is 0 Å². The van der Waals surface area contributed by atoms with Gasteiger partial charge in [0.2, 0.25) is 0 Å². The van der Waals surface area contributed by atoms with E-state index in [1.807, 2.05) is 0 Å². The van der Waals surface area contributed by atoms with Crippen molar-refractivity contribution in [1.29, 1.82) is 0 Å². The van der Waals surface area contributed by atoms with Crippen LogP contribution in [0.5, 0.6) is 0 Å². The third kappa shape index (κ3) is 3.84. The highest BCUT2D eigenvalue weighted by Gasteiger charge is 2.27. The van der Waals surface area contributed by atoms with Gasteiger partial charge in [0.1, 0.15) is 0 Å². The van der Waals surface area contributed by atoms with Crippen molar-refractivity contribution >= 4 is 10.2 Å². The highest BCUT2D eigenvalue weighted by Crippen LogP contribution is 2.30. The first kappa shape index (κ1) is 16.5. The maximum absolute atomic E-state index is 11.8. The molecule has 0 aliphatic carbocycles. The fraction of sp³-hybridized carbons (Fsp3) is 0.625. The van der Waals surface area contributed by atoms with Crippen LogP contribution in [0.3, 0.4) is 0 Å². The minimum Gasteiger partial charge on any atom is -0.205 e. The lowest BCUT2D eigenvalue weighted by molar-refractivity contribution is 0.317. The normalized spacial score (nSPS) is 19.6. The topological polar surface area (TPSA) is 49.4 Å². The summed E-state index contributed by atoms with van der Waals surface area (Å²) in [6, 6.07) is 8.88. The van der Waals surface area contributed by atoms with Crippen molar-refractivity contribution in [3.8, 4) is 0 Å². The molecule has 1 aliphatic rings. The molecule has 5 heteroatoms. The van der Waals surface area contributed by atoms with Crippen molar-refractivity contribution in [3.05, 3.63) is 35.4 Å². The molecule has 1 N–H and O–H groups in total. The second-order valence-electron chi connectivity index (χ2n) is 5.86. The number of hydrogen-bond acceptors (Lipinski definition) is 2. The van der Waals surface area contributed by atoms with E-state index in [-0.39, 0.29) is 0 Å². The van der Waals surface area contributed by atoms with Crippen LogP contribution in [0.1, 0.15) is 56.1 Å². The highest BCUT2D eigenvalue weighted by atomic mass is 32.2. The van der Waals surface area contributed by atoms with Gasteiger partial charge in [-0.25, -0.2) is 4.72 Å². The standard InChI is InChI=1S/C16H26N2O2S/c1-4-13(2)14-5-7-15(8-6-14)16-9-11-18(12-10-16)21(19,20)17-3/h5-8,13,16-17H,4,9-12H2,1-3H3. The Balaban J connectivity index is 1.99. The van der Waals surface area contributed by atoms with Crippen LogP contribution >= 0.6 is 0 Å². The van der Waals surface area contributed by atoms with Crippen LogP contribution < -0.4 is 4.72 Å². The highest BCUT2D eigenvalue weighted by molar-refractivity contribution is 7.87. The van der Waals surface area contributed by atoms with E-state index >= 15 is 0 Å². The van der Waals surface area contributed by atoms with E-state index in [2.05, 4.69) is 42.8 Å². The zero-order chi connectivity index (χ0) is 15.5. The molecule has 0 bridgehead atoms. The van der Waals surface area contributed by atoms with Gasteiger partial charge in [0, 0.05) is 20.1 Å². The number of benzene rings is 1. The lowest BCUT2D eigenvalue weighted by atomic mass is 9.88. The predicted octanol–water partition coefficient (Wildman–Crippen LogP) is 2.84. The van der Waals surface area contributed by atoms with Crippen LogP contribution in [-0.4, -0.2) is 32.9 Å². The Kier molecular flexibility index (Phi) is 5.41. The third-order valence-electron chi connectivity index (χ3n) is 4.64. The number of hydrogen-bond donors (Lipinski definition) is 1. The second-order valence-corrected chi connectivity index (χ2v) is 7.73. The molecule has 118 valence electrons. The summed E-state index contributed by atoms with van der Waals surface area (Å²) >= 11 is 0. The first-order valence-corrected chi connectivity index (χ1v) is 9.20. The molecule has 1 aromatic rings. The molecule has 21 heavy (non-hydrogen) atoms. The fourth-order valence-corrected chi connectivity index (χ4v) is 3.84. The SMILES string of the molecule is CCC(C)c1ccc(C2CCN(S(=O)(=O)NC)CC2)cc1. The van der Waals surface area contributed by atoms with Crippen LogP contribution in [0, 0.1) is 0 Å². The number of rotatable bonds is 5. The van der Waals surface area contributed by atoms with E-state index in [9.17, 15) is 8.42 Å². The average molecular weight is 310 g/mol. The van der Waals surface area contributed by atoms with Gasteiger partial charge in [0.25, 0.3) is 10.2 Å². The van der Waals surface area contributed by atoms with E-state index < -0.39 is 10.2 Å². The van der Waals surface area contributed by atoms with Crippen LogP contribution in [0.4, 0.5) is 0 Å². The summed E-state index contributed by atoms with van der Waals surface area (Å²) in [6.45, 7) is 5.65. The quantitative estimate of drug-likeness (QED) is 0.909. The summed E-state index contributed by atoms with van der Waals surface area (Å²) in [6.07, 6.45) is 2.94. The van der Waals surface area contributed by atoms with Crippen LogP contribution in [0.2, 0.25) is 0 Å². The molecule has 1 aromatic carbocycles. The van der Waals surface area contributed by atoms with Gasteiger partial charge in [-0.3, -0.25) is 0 Å². The van der Waals surface area contributed by atoms with Gasteiger partial charge in [-0.15, -0.1) is 0 Å². The van der Waals surface area contributed by atoms with Gasteiger partial charge in [-0.1, -0.05) is 38.1 Å². The van der Waals surface area contributed by atoms with Gasteiger partial charge in [-0.05, 0) is 42.2 Å². The second kappa shape index (κ2) is 6.90. The summed E-state index contributed by atoms with van der Waals surface area (Å²) < 4.78 is 27.5. The Morgan fingerprint density at radius 2 is 1.81 bits per heavy atom. The first-order chi connectivity index (χ1) is 9.97. The van der Waals surface area contributed by atoms with Crippen molar-refractivity contribution in [3.63, 3.8) is 0 Å². The number of nitrogens with zero attached hydrogens (tertiary/aromatic N) is 1.